The Hall–Kier alpha value is -1.63. The molecule has 0 spiro atoms. The molecule has 0 aromatic carbocycles. The van der Waals surface area contributed by atoms with E-state index in [2.05, 4.69) is 20.2 Å². The zero-order chi connectivity index (χ0) is 17.1. The summed E-state index contributed by atoms with van der Waals surface area (Å²) in [6.07, 6.45) is 10.0. The lowest BCUT2D eigenvalue weighted by molar-refractivity contribution is 0.0619. The molecular weight excluding hydrogens is 318 g/mol. The molecule has 1 aromatic rings. The second kappa shape index (κ2) is 7.72. The summed E-state index contributed by atoms with van der Waals surface area (Å²) in [5, 5.41) is 3.57. The highest BCUT2D eigenvalue weighted by molar-refractivity contribution is 5.39. The third-order valence-corrected chi connectivity index (χ3v) is 5.77. The Morgan fingerprint density at radius 1 is 1.00 bits per heavy atom. The van der Waals surface area contributed by atoms with Gasteiger partial charge in [-0.3, -0.25) is 0 Å². The molecule has 3 unspecified atom stereocenters. The van der Waals surface area contributed by atoms with Gasteiger partial charge in [-0.25, -0.2) is 0 Å². The average Bonchev–Trinajstić information content (AvgIpc) is 2.96. The Morgan fingerprint density at radius 3 is 2.64 bits per heavy atom. The minimum Gasteiger partial charge on any atom is -0.467 e. The van der Waals surface area contributed by atoms with E-state index >= 15 is 0 Å². The minimum absolute atomic E-state index is 0.380. The van der Waals surface area contributed by atoms with Crippen LogP contribution in [-0.2, 0) is 4.74 Å². The van der Waals surface area contributed by atoms with Gasteiger partial charge in [0.05, 0.1) is 13.2 Å². The normalized spacial score (nSPS) is 29.8. The molecule has 25 heavy (non-hydrogen) atoms. The van der Waals surface area contributed by atoms with Gasteiger partial charge in [0.1, 0.15) is 0 Å². The molecule has 3 aliphatic rings. The fourth-order valence-corrected chi connectivity index (χ4v) is 4.43. The molecule has 7 nitrogen and oxygen atoms in total. The molecule has 1 aliphatic carbocycles. The van der Waals surface area contributed by atoms with Gasteiger partial charge in [0.2, 0.25) is 11.9 Å². The zero-order valence-electron chi connectivity index (χ0n) is 15.1. The highest BCUT2D eigenvalue weighted by atomic mass is 16.5. The Labute approximate surface area is 149 Å². The van der Waals surface area contributed by atoms with Crippen LogP contribution >= 0.6 is 0 Å². The first-order valence-electron chi connectivity index (χ1n) is 9.76. The van der Waals surface area contributed by atoms with Crippen molar-refractivity contribution in [1.82, 2.24) is 15.0 Å². The van der Waals surface area contributed by atoms with Gasteiger partial charge in [-0.15, -0.1) is 0 Å². The van der Waals surface area contributed by atoms with E-state index < -0.39 is 0 Å². The van der Waals surface area contributed by atoms with Crippen molar-refractivity contribution in [1.29, 1.82) is 0 Å². The first kappa shape index (κ1) is 16.8. The molecule has 3 fully saturated rings. The largest absolute Gasteiger partial charge is 0.467 e. The van der Waals surface area contributed by atoms with Crippen molar-refractivity contribution in [3.8, 4) is 6.01 Å². The SMILES string of the molecule is COc1nc(NC2CCCC3OCCC23)nc(N2CCCCCC2)n1. The summed E-state index contributed by atoms with van der Waals surface area (Å²) < 4.78 is 11.2. The third kappa shape index (κ3) is 3.81. The van der Waals surface area contributed by atoms with Gasteiger partial charge in [0.15, 0.2) is 0 Å². The maximum absolute atomic E-state index is 5.88. The van der Waals surface area contributed by atoms with E-state index in [-0.39, 0.29) is 0 Å². The van der Waals surface area contributed by atoms with Crippen LogP contribution < -0.4 is 15.0 Å². The van der Waals surface area contributed by atoms with Crippen molar-refractivity contribution in [2.24, 2.45) is 5.92 Å². The lowest BCUT2D eigenvalue weighted by Crippen LogP contribution is -2.39. The van der Waals surface area contributed by atoms with E-state index in [0.29, 0.717) is 30.0 Å². The van der Waals surface area contributed by atoms with Crippen molar-refractivity contribution in [2.45, 2.75) is 63.5 Å². The number of nitrogens with zero attached hydrogens (tertiary/aromatic N) is 4. The van der Waals surface area contributed by atoms with Crippen LogP contribution in [0.1, 0.15) is 51.4 Å². The van der Waals surface area contributed by atoms with Crippen LogP contribution in [0.3, 0.4) is 0 Å². The van der Waals surface area contributed by atoms with Gasteiger partial charge in [-0.05, 0) is 38.5 Å². The van der Waals surface area contributed by atoms with Crippen LogP contribution in [0, 0.1) is 5.92 Å². The predicted molar refractivity (Wildman–Crippen MR) is 96.2 cm³/mol. The molecule has 2 aliphatic heterocycles. The number of hydrogen-bond acceptors (Lipinski definition) is 7. The summed E-state index contributed by atoms with van der Waals surface area (Å²) in [5.41, 5.74) is 0. The monoisotopic (exact) mass is 347 g/mol. The number of methoxy groups -OCH3 is 1. The average molecular weight is 347 g/mol. The van der Waals surface area contributed by atoms with Crippen molar-refractivity contribution in [3.63, 3.8) is 0 Å². The maximum atomic E-state index is 5.88. The number of hydrogen-bond donors (Lipinski definition) is 1. The Kier molecular flexibility index (Phi) is 5.20. The van der Waals surface area contributed by atoms with Crippen LogP contribution in [-0.4, -0.2) is 53.9 Å². The Balaban J connectivity index is 1.53. The molecule has 7 heteroatoms. The molecular formula is C18H29N5O2. The second-order valence-electron chi connectivity index (χ2n) is 7.39. The van der Waals surface area contributed by atoms with Gasteiger partial charge >= 0.3 is 6.01 Å². The molecule has 2 saturated heterocycles. The van der Waals surface area contributed by atoms with Gasteiger partial charge < -0.3 is 19.7 Å². The fourth-order valence-electron chi connectivity index (χ4n) is 4.43. The van der Waals surface area contributed by atoms with Gasteiger partial charge in [0.25, 0.3) is 0 Å². The van der Waals surface area contributed by atoms with Crippen molar-refractivity contribution in [3.05, 3.63) is 0 Å². The molecule has 4 rings (SSSR count). The second-order valence-corrected chi connectivity index (χ2v) is 7.39. The number of rotatable bonds is 4. The molecule has 0 radical (unpaired) electrons. The molecule has 0 amide bonds. The van der Waals surface area contributed by atoms with Crippen molar-refractivity contribution >= 4 is 11.9 Å². The first-order valence-corrected chi connectivity index (χ1v) is 9.76. The van der Waals surface area contributed by atoms with Crippen LogP contribution in [0.25, 0.3) is 0 Å². The smallest absolute Gasteiger partial charge is 0.322 e. The number of aromatic nitrogens is 3. The Bertz CT molecular complexity index is 577. The van der Waals surface area contributed by atoms with Gasteiger partial charge in [-0.2, -0.15) is 15.0 Å². The zero-order valence-corrected chi connectivity index (χ0v) is 15.1. The molecule has 1 N–H and O–H groups in total. The molecule has 3 atom stereocenters. The van der Waals surface area contributed by atoms with E-state index in [1.807, 2.05) is 0 Å². The predicted octanol–water partition coefficient (Wildman–Crippen LogP) is 2.63. The standard InChI is InChI=1S/C18H29N5O2/c1-24-18-21-16(19-14-7-6-8-15-13(14)9-12-25-15)20-17(22-18)23-10-4-2-3-5-11-23/h13-15H,2-12H2,1H3,(H,19,20,21,22). The quantitative estimate of drug-likeness (QED) is 0.897. The summed E-state index contributed by atoms with van der Waals surface area (Å²) in [4.78, 5) is 15.9. The summed E-state index contributed by atoms with van der Waals surface area (Å²) in [6.45, 7) is 2.90. The lowest BCUT2D eigenvalue weighted by Gasteiger charge is -2.33. The van der Waals surface area contributed by atoms with E-state index in [1.54, 1.807) is 7.11 Å². The van der Waals surface area contributed by atoms with Crippen molar-refractivity contribution in [2.75, 3.05) is 37.0 Å². The Morgan fingerprint density at radius 2 is 1.84 bits per heavy atom. The summed E-state index contributed by atoms with van der Waals surface area (Å²) in [6, 6.07) is 0.775. The molecule has 3 heterocycles. The van der Waals surface area contributed by atoms with Crippen LogP contribution in [0.5, 0.6) is 6.01 Å². The summed E-state index contributed by atoms with van der Waals surface area (Å²) in [5.74, 6) is 1.95. The molecule has 0 bridgehead atoms. The lowest BCUT2D eigenvalue weighted by atomic mass is 9.82. The topological polar surface area (TPSA) is 72.4 Å². The maximum Gasteiger partial charge on any atom is 0.322 e. The molecule has 1 saturated carbocycles. The van der Waals surface area contributed by atoms with Gasteiger partial charge in [0, 0.05) is 31.7 Å². The summed E-state index contributed by atoms with van der Waals surface area (Å²) in [7, 11) is 1.62. The third-order valence-electron chi connectivity index (χ3n) is 5.77. The van der Waals surface area contributed by atoms with E-state index in [9.17, 15) is 0 Å². The number of ether oxygens (including phenoxy) is 2. The summed E-state index contributed by atoms with van der Waals surface area (Å²) >= 11 is 0. The van der Waals surface area contributed by atoms with E-state index in [0.717, 1.165) is 38.5 Å². The fraction of sp³-hybridized carbons (Fsp3) is 0.833. The van der Waals surface area contributed by atoms with Crippen molar-refractivity contribution < 1.29 is 9.47 Å². The minimum atomic E-state index is 0.380. The number of fused-ring (bicyclic) bond motifs is 1. The first-order chi connectivity index (χ1) is 12.3. The van der Waals surface area contributed by atoms with Gasteiger partial charge in [-0.1, -0.05) is 12.8 Å². The molecule has 138 valence electrons. The van der Waals surface area contributed by atoms with E-state index in [4.69, 9.17) is 14.5 Å². The van der Waals surface area contributed by atoms with E-state index in [1.165, 1.54) is 38.5 Å². The van der Waals surface area contributed by atoms with Crippen LogP contribution in [0.2, 0.25) is 0 Å². The number of nitrogens with one attached hydrogen (secondary N) is 1. The van der Waals surface area contributed by atoms with Crippen LogP contribution in [0.4, 0.5) is 11.9 Å². The highest BCUT2D eigenvalue weighted by Crippen LogP contribution is 2.35. The molecule has 1 aromatic heterocycles. The van der Waals surface area contributed by atoms with Crippen LogP contribution in [0.15, 0.2) is 0 Å². The highest BCUT2D eigenvalue weighted by Gasteiger charge is 2.38. The number of anilines is 2.